The summed E-state index contributed by atoms with van der Waals surface area (Å²) in [6, 6.07) is 18.6. The van der Waals surface area contributed by atoms with Gasteiger partial charge in [-0.25, -0.2) is 9.93 Å². The molecule has 1 amide bonds. The third-order valence-electron chi connectivity index (χ3n) is 6.23. The highest BCUT2D eigenvalue weighted by Crippen LogP contribution is 2.23. The van der Waals surface area contributed by atoms with E-state index in [9.17, 15) is 28.5 Å². The lowest BCUT2D eigenvalue weighted by atomic mass is 10.1. The third-order valence-corrected chi connectivity index (χ3v) is 7.10. The van der Waals surface area contributed by atoms with Gasteiger partial charge < -0.3 is 40.0 Å². The maximum Gasteiger partial charge on any atom is 0.429 e. The first-order valence-corrected chi connectivity index (χ1v) is 16.0. The molecular weight excluding hydrogens is 634 g/mol. The average molecular weight is 678 g/mol. The Bertz CT molecular complexity index is 1530. The topological polar surface area (TPSA) is 218 Å². The number of phenols is 1. The van der Waals surface area contributed by atoms with Crippen molar-refractivity contribution in [1.82, 2.24) is 5.32 Å². The molecule has 0 aromatic heterocycles. The van der Waals surface area contributed by atoms with E-state index in [0.717, 1.165) is 12.0 Å². The molecule has 3 rings (SSSR count). The van der Waals surface area contributed by atoms with E-state index in [1.807, 2.05) is 24.3 Å². The summed E-state index contributed by atoms with van der Waals surface area (Å²) in [5.74, 6) is 0.673. The molecule has 0 saturated carbocycles. The van der Waals surface area contributed by atoms with Crippen LogP contribution in [0.1, 0.15) is 49.1 Å². The number of carboxylic acid groups (broad SMARTS) is 1. The molecular formula is C32H43N3O11S. The van der Waals surface area contributed by atoms with E-state index in [2.05, 4.69) is 5.32 Å². The van der Waals surface area contributed by atoms with Gasteiger partial charge in [0, 0.05) is 12.1 Å². The molecule has 14 nitrogen and oxygen atoms in total. The Balaban J connectivity index is 0.00000246. The van der Waals surface area contributed by atoms with Gasteiger partial charge in [0.25, 0.3) is 6.47 Å². The summed E-state index contributed by atoms with van der Waals surface area (Å²) < 4.78 is 41.3. The summed E-state index contributed by atoms with van der Waals surface area (Å²) in [4.78, 5) is 20.9. The first-order valence-electron chi connectivity index (χ1n) is 14.5. The summed E-state index contributed by atoms with van der Waals surface area (Å²) in [6.07, 6.45) is -1.13. The number of aromatic hydroxyl groups is 1. The number of rotatable bonds is 15. The van der Waals surface area contributed by atoms with E-state index in [1.54, 1.807) is 45.0 Å². The second-order valence-corrected chi connectivity index (χ2v) is 12.5. The van der Waals surface area contributed by atoms with Crippen molar-refractivity contribution in [3.8, 4) is 11.5 Å². The lowest BCUT2D eigenvalue weighted by Crippen LogP contribution is -2.44. The van der Waals surface area contributed by atoms with Gasteiger partial charge in [-0.05, 0) is 86.8 Å². The number of carbonyl (C=O) groups excluding carboxylic acids is 1. The fourth-order valence-corrected chi connectivity index (χ4v) is 4.77. The molecule has 0 aliphatic rings. The number of aliphatic hydroxyl groups is 2. The minimum Gasteiger partial charge on any atom is -0.508 e. The van der Waals surface area contributed by atoms with Gasteiger partial charge in [-0.2, -0.15) is 12.7 Å². The Morgan fingerprint density at radius 3 is 2.34 bits per heavy atom. The zero-order chi connectivity index (χ0) is 35.0. The molecule has 7 N–H and O–H groups in total. The quantitative estimate of drug-likeness (QED) is 0.101. The van der Waals surface area contributed by atoms with Gasteiger partial charge in [-0.1, -0.05) is 30.3 Å². The Kier molecular flexibility index (Phi) is 15.6. The lowest BCUT2D eigenvalue weighted by molar-refractivity contribution is -0.122. The van der Waals surface area contributed by atoms with Crippen LogP contribution in [0, 0.1) is 0 Å². The molecule has 0 bridgehead atoms. The molecule has 0 radical (unpaired) electrons. The van der Waals surface area contributed by atoms with Crippen molar-refractivity contribution in [2.45, 2.75) is 52.1 Å². The van der Waals surface area contributed by atoms with Crippen LogP contribution < -0.4 is 19.5 Å². The largest absolute Gasteiger partial charge is 0.508 e. The molecule has 0 fully saturated rings. The van der Waals surface area contributed by atoms with Crippen molar-refractivity contribution in [3.05, 3.63) is 89.0 Å². The predicted molar refractivity (Wildman–Crippen MR) is 174 cm³/mol. The van der Waals surface area contributed by atoms with Gasteiger partial charge in [-0.3, -0.25) is 4.79 Å². The first-order chi connectivity index (χ1) is 22.2. The predicted octanol–water partition coefficient (Wildman–Crippen LogP) is 2.99. The highest BCUT2D eigenvalue weighted by molar-refractivity contribution is 7.91. The molecule has 0 spiro atoms. The van der Waals surface area contributed by atoms with Gasteiger partial charge in [0.05, 0.1) is 31.6 Å². The van der Waals surface area contributed by atoms with E-state index in [-0.39, 0.29) is 44.3 Å². The lowest BCUT2D eigenvalue weighted by Gasteiger charge is -2.25. The zero-order valence-electron chi connectivity index (χ0n) is 26.5. The molecule has 258 valence electrons. The Hall–Kier alpha value is -4.25. The number of nitrogens with two attached hydrogens (primary N) is 1. The van der Waals surface area contributed by atoms with E-state index < -0.39 is 28.0 Å². The van der Waals surface area contributed by atoms with E-state index in [4.69, 9.17) is 29.3 Å². The minimum atomic E-state index is -4.42. The molecule has 3 aromatic carbocycles. The van der Waals surface area contributed by atoms with Crippen LogP contribution in [0.2, 0.25) is 0 Å². The monoisotopic (exact) mass is 677 g/mol. The number of benzene rings is 3. The second-order valence-electron chi connectivity index (χ2n) is 11.1. The number of amides is 1. The van der Waals surface area contributed by atoms with Crippen molar-refractivity contribution in [3.63, 3.8) is 0 Å². The van der Waals surface area contributed by atoms with E-state index in [0.29, 0.717) is 39.8 Å². The fraction of sp³-hybridized carbons (Fsp3) is 0.375. The maximum absolute atomic E-state index is 12.5. The highest BCUT2D eigenvalue weighted by atomic mass is 32.2. The van der Waals surface area contributed by atoms with Crippen LogP contribution >= 0.6 is 0 Å². The molecule has 0 saturated heterocycles. The molecule has 3 aromatic rings. The van der Waals surface area contributed by atoms with Gasteiger partial charge in [0.2, 0.25) is 0 Å². The number of nitrogens with zero attached hydrogens (tertiary/aromatic N) is 1. The molecule has 1 atom stereocenters. The van der Waals surface area contributed by atoms with Crippen molar-refractivity contribution >= 4 is 28.5 Å². The first kappa shape index (κ1) is 38.9. The Labute approximate surface area is 274 Å². The smallest absolute Gasteiger partial charge is 0.429 e. The number of hydrogen-bond acceptors (Lipinski definition) is 11. The summed E-state index contributed by atoms with van der Waals surface area (Å²) in [5.41, 5.74) is 1.83. The van der Waals surface area contributed by atoms with Crippen LogP contribution in [-0.4, -0.2) is 73.3 Å². The van der Waals surface area contributed by atoms with Crippen LogP contribution in [0.3, 0.4) is 0 Å². The summed E-state index contributed by atoms with van der Waals surface area (Å²) in [7, 11) is -4.42. The number of nitrogens with one attached hydrogen (secondary N) is 1. The van der Waals surface area contributed by atoms with Crippen LogP contribution in [0.25, 0.3) is 0 Å². The van der Waals surface area contributed by atoms with Crippen molar-refractivity contribution in [1.29, 1.82) is 0 Å². The van der Waals surface area contributed by atoms with Crippen LogP contribution in [0.4, 0.5) is 10.5 Å². The normalized spacial score (nSPS) is 12.0. The molecule has 47 heavy (non-hydrogen) atoms. The summed E-state index contributed by atoms with van der Waals surface area (Å²) in [5, 5.41) is 44.7. The van der Waals surface area contributed by atoms with Gasteiger partial charge in [-0.15, -0.1) is 0 Å². The van der Waals surface area contributed by atoms with Crippen LogP contribution in [0.15, 0.2) is 66.7 Å². The van der Waals surface area contributed by atoms with Gasteiger partial charge in [0.15, 0.2) is 0 Å². The summed E-state index contributed by atoms with van der Waals surface area (Å²) in [6.45, 7) is 5.99. The fourth-order valence-electron chi connectivity index (χ4n) is 4.12. The number of hydrogen-bond donors (Lipinski definition) is 6. The number of carbonyl (C=O) groups is 2. The molecule has 0 heterocycles. The average Bonchev–Trinajstić information content (AvgIpc) is 2.99. The molecule has 0 aliphatic heterocycles. The SMILES string of the molecule is CC(C)(C)OC(=O)N(c1cccc(COCCOc2ccc(CCNC[C@H](O)c3ccc(O)c(CO)c3)cc2)c1)S(N)(=O)=O.O=CO. The van der Waals surface area contributed by atoms with Crippen LogP contribution in [-0.2, 0) is 44.1 Å². The van der Waals surface area contributed by atoms with E-state index in [1.165, 1.54) is 18.2 Å². The minimum absolute atomic E-state index is 0.00328. The Morgan fingerprint density at radius 1 is 1.04 bits per heavy atom. The molecule has 0 unspecified atom stereocenters. The third kappa shape index (κ3) is 14.0. The zero-order valence-corrected chi connectivity index (χ0v) is 27.4. The summed E-state index contributed by atoms with van der Waals surface area (Å²) >= 11 is 0. The number of anilines is 1. The van der Waals surface area contributed by atoms with Gasteiger partial charge >= 0.3 is 16.3 Å². The second kappa shape index (κ2) is 18.8. The molecule has 0 aliphatic carbocycles. The highest BCUT2D eigenvalue weighted by Gasteiger charge is 2.31. The van der Waals surface area contributed by atoms with Crippen molar-refractivity contribution < 1.29 is 52.6 Å². The maximum atomic E-state index is 12.5. The van der Waals surface area contributed by atoms with E-state index >= 15 is 0 Å². The van der Waals surface area contributed by atoms with Crippen LogP contribution in [0.5, 0.6) is 11.5 Å². The van der Waals surface area contributed by atoms with Gasteiger partial charge in [0.1, 0.15) is 23.7 Å². The number of aliphatic hydroxyl groups excluding tert-OH is 2. The standard InChI is InChI=1S/C31H41N3O9S.CH2O2/c1-31(2,3)43-30(38)34(44(32,39)40)26-6-4-5-23(17-26)21-41-15-16-42-27-10-7-22(8-11-27)13-14-33-19-29(37)24-9-12-28(36)25(18-24)20-35;2-1-3/h4-12,17-18,29,33,35-37H,13-16,19-21H2,1-3H3,(H2,32,39,40);1H,(H,2,3)/t29-;/m0./s1. The Morgan fingerprint density at radius 2 is 1.72 bits per heavy atom. The van der Waals surface area contributed by atoms with Crippen molar-refractivity contribution in [2.75, 3.05) is 30.6 Å². The number of ether oxygens (including phenoxy) is 3. The van der Waals surface area contributed by atoms with Crippen molar-refractivity contribution in [2.24, 2.45) is 5.14 Å². The molecule has 15 heteroatoms.